The van der Waals surface area contributed by atoms with Crippen molar-refractivity contribution < 1.29 is 9.22 Å². The first-order valence-electron chi connectivity index (χ1n) is 7.99. The summed E-state index contributed by atoms with van der Waals surface area (Å²) in [5.74, 6) is 0. The molecule has 0 amide bonds. The van der Waals surface area contributed by atoms with Crippen molar-refractivity contribution in [3.8, 4) is 0 Å². The molecule has 0 fully saturated rings. The molecule has 0 heterocycles. The number of rotatable bonds is 11. The first kappa shape index (κ1) is 21.0. The van der Waals surface area contributed by atoms with E-state index in [0.29, 0.717) is 6.61 Å². The summed E-state index contributed by atoms with van der Waals surface area (Å²) in [4.78, 5) is 0. The van der Waals surface area contributed by atoms with Gasteiger partial charge in [0.15, 0.2) is 16.6 Å². The van der Waals surface area contributed by atoms with Gasteiger partial charge in [-0.2, -0.15) is 0 Å². The SMILES string of the molecule is CPCCC[Si](C)(C)C[Si](C)(C)O[Si](C)(C)CCCO. The van der Waals surface area contributed by atoms with Crippen LogP contribution in [-0.4, -0.2) is 49.2 Å². The highest BCUT2D eigenvalue weighted by Gasteiger charge is 2.37. The molecule has 0 aliphatic heterocycles. The molecule has 0 aromatic heterocycles. The van der Waals surface area contributed by atoms with E-state index in [-0.39, 0.29) is 0 Å². The van der Waals surface area contributed by atoms with E-state index in [1.165, 1.54) is 24.3 Å². The van der Waals surface area contributed by atoms with Crippen LogP contribution in [0.2, 0.25) is 57.0 Å². The van der Waals surface area contributed by atoms with Gasteiger partial charge in [0.1, 0.15) is 0 Å². The molecule has 0 aromatic rings. The van der Waals surface area contributed by atoms with E-state index in [1.807, 2.05) is 0 Å². The normalized spacial score (nSPS) is 14.4. The zero-order chi connectivity index (χ0) is 15.9. The van der Waals surface area contributed by atoms with Gasteiger partial charge >= 0.3 is 0 Å². The summed E-state index contributed by atoms with van der Waals surface area (Å²) in [6, 6.07) is 2.56. The fraction of sp³-hybridized carbons (Fsp3) is 1.00. The Kier molecular flexibility index (Phi) is 9.67. The zero-order valence-electron chi connectivity index (χ0n) is 14.8. The topological polar surface area (TPSA) is 29.5 Å². The van der Waals surface area contributed by atoms with Crippen LogP contribution < -0.4 is 0 Å². The number of hydrogen-bond donors (Lipinski definition) is 1. The van der Waals surface area contributed by atoms with E-state index in [9.17, 15) is 0 Å². The third-order valence-electron chi connectivity index (χ3n) is 3.67. The first-order chi connectivity index (χ1) is 9.04. The predicted octanol–water partition coefficient (Wildman–Crippen LogP) is 4.74. The number of aliphatic hydroxyl groups is 1. The summed E-state index contributed by atoms with van der Waals surface area (Å²) in [5, 5.41) is 9.02. The van der Waals surface area contributed by atoms with Crippen LogP contribution in [0.5, 0.6) is 0 Å². The van der Waals surface area contributed by atoms with Crippen LogP contribution in [0.15, 0.2) is 0 Å². The molecule has 1 atom stereocenters. The van der Waals surface area contributed by atoms with E-state index in [4.69, 9.17) is 9.22 Å². The molecule has 20 heavy (non-hydrogen) atoms. The van der Waals surface area contributed by atoms with Crippen molar-refractivity contribution in [2.75, 3.05) is 19.4 Å². The molecule has 0 aromatic carbocycles. The van der Waals surface area contributed by atoms with Gasteiger partial charge < -0.3 is 9.22 Å². The Morgan fingerprint density at radius 3 is 2.00 bits per heavy atom. The van der Waals surface area contributed by atoms with Gasteiger partial charge in [0, 0.05) is 14.7 Å². The molecule has 2 nitrogen and oxygen atoms in total. The van der Waals surface area contributed by atoms with Crippen LogP contribution in [0.3, 0.4) is 0 Å². The van der Waals surface area contributed by atoms with Gasteiger partial charge in [-0.05, 0) is 57.1 Å². The summed E-state index contributed by atoms with van der Waals surface area (Å²) in [5.41, 5.74) is 1.39. The Labute approximate surface area is 132 Å². The van der Waals surface area contributed by atoms with E-state index < -0.39 is 24.7 Å². The molecule has 0 rings (SSSR count). The first-order valence-corrected chi connectivity index (χ1v) is 19.3. The lowest BCUT2D eigenvalue weighted by atomic mass is 10.5. The van der Waals surface area contributed by atoms with Crippen LogP contribution in [0, 0.1) is 0 Å². The minimum absolute atomic E-state index is 0.305. The smallest absolute Gasteiger partial charge is 0.173 e. The minimum Gasteiger partial charge on any atom is -0.456 e. The second kappa shape index (κ2) is 9.21. The van der Waals surface area contributed by atoms with Crippen LogP contribution >= 0.6 is 8.58 Å². The maximum absolute atomic E-state index is 9.02. The summed E-state index contributed by atoms with van der Waals surface area (Å²) >= 11 is 0. The summed E-state index contributed by atoms with van der Waals surface area (Å²) < 4.78 is 6.67. The second-order valence-electron chi connectivity index (χ2n) is 8.00. The molecule has 1 unspecified atom stereocenters. The van der Waals surface area contributed by atoms with Crippen LogP contribution in [0.1, 0.15) is 12.8 Å². The van der Waals surface area contributed by atoms with Crippen molar-refractivity contribution in [2.24, 2.45) is 0 Å². The van der Waals surface area contributed by atoms with Crippen molar-refractivity contribution >= 4 is 33.3 Å². The van der Waals surface area contributed by atoms with Gasteiger partial charge in [-0.3, -0.25) is 0 Å². The standard InChI is InChI=1S/C14H37O2PSi3/c1-17-11-9-12-18(2,3)14-20(6,7)16-19(4,5)13-8-10-15/h15,17H,8-14H2,1-7H3. The van der Waals surface area contributed by atoms with Crippen molar-refractivity contribution in [3.63, 3.8) is 0 Å². The van der Waals surface area contributed by atoms with E-state index in [2.05, 4.69) is 45.9 Å². The molecule has 0 aliphatic carbocycles. The summed E-state index contributed by atoms with van der Waals surface area (Å²) in [6.07, 6.45) is 3.74. The molecular weight excluding hydrogens is 315 g/mol. The maximum Gasteiger partial charge on any atom is 0.173 e. The largest absolute Gasteiger partial charge is 0.456 e. The highest BCUT2D eigenvalue weighted by Crippen LogP contribution is 2.29. The monoisotopic (exact) mass is 352 g/mol. The highest BCUT2D eigenvalue weighted by molar-refractivity contribution is 7.36. The summed E-state index contributed by atoms with van der Waals surface area (Å²) in [6.45, 7) is 17.2. The van der Waals surface area contributed by atoms with Gasteiger partial charge in [-0.25, -0.2) is 0 Å². The van der Waals surface area contributed by atoms with Gasteiger partial charge in [0.05, 0.1) is 0 Å². The van der Waals surface area contributed by atoms with Crippen molar-refractivity contribution in [2.45, 2.75) is 69.9 Å². The third-order valence-corrected chi connectivity index (χ3v) is 19.4. The van der Waals surface area contributed by atoms with E-state index >= 15 is 0 Å². The molecular formula is C14H37O2PSi3. The fourth-order valence-corrected chi connectivity index (χ4v) is 23.6. The molecule has 0 saturated heterocycles. The van der Waals surface area contributed by atoms with Crippen molar-refractivity contribution in [1.29, 1.82) is 0 Å². The Hall–Kier alpha value is 1.00. The number of aliphatic hydroxyl groups excluding tert-OH is 1. The van der Waals surface area contributed by atoms with Crippen molar-refractivity contribution in [3.05, 3.63) is 0 Å². The molecule has 0 saturated carbocycles. The third kappa shape index (κ3) is 10.7. The maximum atomic E-state index is 9.02. The molecule has 0 radical (unpaired) electrons. The van der Waals surface area contributed by atoms with Gasteiger partial charge in [0.2, 0.25) is 0 Å². The molecule has 0 aliphatic rings. The Balaban J connectivity index is 4.40. The second-order valence-corrected chi connectivity index (χ2v) is 23.8. The molecule has 6 heteroatoms. The van der Waals surface area contributed by atoms with Crippen molar-refractivity contribution in [1.82, 2.24) is 0 Å². The fourth-order valence-electron chi connectivity index (χ4n) is 3.32. The summed E-state index contributed by atoms with van der Waals surface area (Å²) in [7, 11) is -3.10. The zero-order valence-corrected chi connectivity index (χ0v) is 18.8. The van der Waals surface area contributed by atoms with Gasteiger partial charge in [-0.15, -0.1) is 8.58 Å². The quantitative estimate of drug-likeness (QED) is 0.330. The molecule has 122 valence electrons. The van der Waals surface area contributed by atoms with Crippen LogP contribution in [-0.2, 0) is 4.12 Å². The lowest BCUT2D eigenvalue weighted by Gasteiger charge is -2.38. The highest BCUT2D eigenvalue weighted by atomic mass is 31.1. The predicted molar refractivity (Wildman–Crippen MR) is 103 cm³/mol. The molecule has 1 N–H and O–H groups in total. The lowest BCUT2D eigenvalue weighted by Crippen LogP contribution is -2.49. The van der Waals surface area contributed by atoms with Gasteiger partial charge in [-0.1, -0.05) is 25.6 Å². The van der Waals surface area contributed by atoms with Gasteiger partial charge in [0.25, 0.3) is 0 Å². The molecule has 0 bridgehead atoms. The Morgan fingerprint density at radius 1 is 0.900 bits per heavy atom. The average Bonchev–Trinajstić information content (AvgIpc) is 2.23. The lowest BCUT2D eigenvalue weighted by molar-refractivity contribution is 0.292. The Bertz CT molecular complexity index is 271. The van der Waals surface area contributed by atoms with E-state index in [1.54, 1.807) is 0 Å². The average molecular weight is 353 g/mol. The minimum atomic E-state index is -1.57. The van der Waals surface area contributed by atoms with Crippen LogP contribution in [0.4, 0.5) is 0 Å². The molecule has 0 spiro atoms. The Morgan fingerprint density at radius 2 is 1.50 bits per heavy atom. The number of hydrogen-bond acceptors (Lipinski definition) is 2. The van der Waals surface area contributed by atoms with E-state index in [0.717, 1.165) is 21.0 Å². The van der Waals surface area contributed by atoms with Crippen LogP contribution in [0.25, 0.3) is 0 Å².